The van der Waals surface area contributed by atoms with E-state index in [1.165, 1.54) is 12.1 Å². The fourth-order valence-electron chi connectivity index (χ4n) is 3.20. The van der Waals surface area contributed by atoms with E-state index in [-0.39, 0.29) is 11.6 Å². The van der Waals surface area contributed by atoms with Gasteiger partial charge in [-0.15, -0.1) is 0 Å². The van der Waals surface area contributed by atoms with Crippen LogP contribution in [0.3, 0.4) is 0 Å². The van der Waals surface area contributed by atoms with Crippen molar-refractivity contribution in [2.24, 2.45) is 5.41 Å². The molecule has 1 aliphatic heterocycles. The molecule has 2 N–H and O–H groups in total. The number of halogens is 3. The second-order valence-electron chi connectivity index (χ2n) is 6.07. The molecule has 23 heavy (non-hydrogen) atoms. The number of likely N-dealkylation sites (tertiary alicyclic amines) is 1. The molecule has 1 aromatic rings. The molecule has 0 amide bonds. The van der Waals surface area contributed by atoms with Crippen LogP contribution in [0.5, 0.6) is 0 Å². The van der Waals surface area contributed by atoms with Crippen LogP contribution in [-0.4, -0.2) is 40.3 Å². The van der Waals surface area contributed by atoms with E-state index in [1.54, 1.807) is 0 Å². The van der Waals surface area contributed by atoms with Gasteiger partial charge in [-0.2, -0.15) is 0 Å². The molecule has 0 aromatic heterocycles. The third-order valence-electron chi connectivity index (χ3n) is 4.55. The zero-order chi connectivity index (χ0) is 17.2. The lowest BCUT2D eigenvalue weighted by Crippen LogP contribution is -2.54. The van der Waals surface area contributed by atoms with E-state index in [0.29, 0.717) is 42.9 Å². The Morgan fingerprint density at radius 3 is 2.70 bits per heavy atom. The second kappa shape index (κ2) is 7.34. The van der Waals surface area contributed by atoms with E-state index in [0.717, 1.165) is 0 Å². The van der Waals surface area contributed by atoms with Gasteiger partial charge in [0.2, 0.25) is 0 Å². The van der Waals surface area contributed by atoms with E-state index >= 15 is 0 Å². The molecule has 0 unspecified atom stereocenters. The van der Waals surface area contributed by atoms with Gasteiger partial charge in [-0.1, -0.05) is 36.5 Å². The summed E-state index contributed by atoms with van der Waals surface area (Å²) in [4.78, 5) is 13.5. The summed E-state index contributed by atoms with van der Waals surface area (Å²) in [5.74, 6) is -1.50. The number of carbonyl (C=O) groups is 1. The van der Waals surface area contributed by atoms with Crippen molar-refractivity contribution in [2.45, 2.75) is 38.8 Å². The van der Waals surface area contributed by atoms with E-state index < -0.39 is 23.3 Å². The first-order valence-corrected chi connectivity index (χ1v) is 8.33. The number of aliphatic hydroxyl groups is 1. The minimum absolute atomic E-state index is 0.0368. The zero-order valence-electron chi connectivity index (χ0n) is 12.9. The summed E-state index contributed by atoms with van der Waals surface area (Å²) >= 11 is 11.8. The molecule has 1 saturated heterocycles. The molecule has 128 valence electrons. The highest BCUT2D eigenvalue weighted by molar-refractivity contribution is 6.35. The van der Waals surface area contributed by atoms with Crippen molar-refractivity contribution in [3.8, 4) is 0 Å². The van der Waals surface area contributed by atoms with Gasteiger partial charge in [0.1, 0.15) is 5.82 Å². The molecule has 4 nitrogen and oxygen atoms in total. The van der Waals surface area contributed by atoms with Gasteiger partial charge >= 0.3 is 5.97 Å². The summed E-state index contributed by atoms with van der Waals surface area (Å²) < 4.78 is 13.6. The van der Waals surface area contributed by atoms with Crippen molar-refractivity contribution < 1.29 is 19.4 Å². The molecule has 2 rings (SSSR count). The number of β-amino-alcohol motifs (C(OH)–C–C–N with tert-alkyl or cyclic N) is 1. The molecular weight excluding hydrogens is 344 g/mol. The van der Waals surface area contributed by atoms with Crippen LogP contribution in [0.2, 0.25) is 10.0 Å². The van der Waals surface area contributed by atoms with Crippen LogP contribution in [-0.2, 0) is 11.3 Å². The van der Waals surface area contributed by atoms with Crippen LogP contribution in [0.25, 0.3) is 0 Å². The Morgan fingerprint density at radius 2 is 2.13 bits per heavy atom. The zero-order valence-corrected chi connectivity index (χ0v) is 14.4. The maximum absolute atomic E-state index is 13.6. The number of hydrogen-bond donors (Lipinski definition) is 2. The van der Waals surface area contributed by atoms with Crippen LogP contribution in [0.15, 0.2) is 12.1 Å². The van der Waals surface area contributed by atoms with Gasteiger partial charge in [0.15, 0.2) is 0 Å². The number of nitrogens with zero attached hydrogens (tertiary/aromatic N) is 1. The molecule has 1 aromatic carbocycles. The molecule has 0 bridgehead atoms. The van der Waals surface area contributed by atoms with Crippen LogP contribution < -0.4 is 0 Å². The highest BCUT2D eigenvalue weighted by Crippen LogP contribution is 2.37. The number of carboxylic acids is 1. The lowest BCUT2D eigenvalue weighted by Gasteiger charge is -2.42. The number of rotatable bonds is 5. The van der Waals surface area contributed by atoms with Crippen molar-refractivity contribution >= 4 is 29.2 Å². The quantitative estimate of drug-likeness (QED) is 0.785. The van der Waals surface area contributed by atoms with E-state index in [9.17, 15) is 19.4 Å². The summed E-state index contributed by atoms with van der Waals surface area (Å²) in [6.07, 6.45) is 0.514. The average molecular weight is 364 g/mol. The molecule has 0 saturated carbocycles. The minimum atomic E-state index is -1.10. The molecule has 1 fully saturated rings. The van der Waals surface area contributed by atoms with Crippen LogP contribution in [0.1, 0.15) is 31.7 Å². The van der Waals surface area contributed by atoms with E-state index in [2.05, 4.69) is 0 Å². The van der Waals surface area contributed by atoms with Crippen LogP contribution in [0, 0.1) is 11.2 Å². The van der Waals surface area contributed by atoms with Crippen molar-refractivity contribution in [3.05, 3.63) is 33.6 Å². The van der Waals surface area contributed by atoms with Gasteiger partial charge in [0, 0.05) is 18.1 Å². The standard InChI is InChI=1S/C16H20Cl2FNO3/c1-2-3-16(15(22)23)4-5-20(9-14(16)21)8-10-6-13(19)12(18)7-11(10)17/h6-7,14,21H,2-5,8-9H2,1H3,(H,22,23)/t14-,16-/m0/s1. The number of aliphatic hydroxyl groups excluding tert-OH is 1. The average Bonchev–Trinajstić information content (AvgIpc) is 2.47. The van der Waals surface area contributed by atoms with E-state index in [1.807, 2.05) is 11.8 Å². The molecule has 2 atom stereocenters. The summed E-state index contributed by atoms with van der Waals surface area (Å²) in [6, 6.07) is 2.63. The molecule has 7 heteroatoms. The summed E-state index contributed by atoms with van der Waals surface area (Å²) in [5, 5.41) is 20.2. The van der Waals surface area contributed by atoms with Gasteiger partial charge in [-0.25, -0.2) is 4.39 Å². The highest BCUT2D eigenvalue weighted by atomic mass is 35.5. The third-order valence-corrected chi connectivity index (χ3v) is 5.19. The van der Waals surface area contributed by atoms with Gasteiger partial charge in [-0.05, 0) is 37.1 Å². The number of aliphatic carboxylic acids is 1. The normalized spacial score (nSPS) is 25.5. The van der Waals surface area contributed by atoms with Crippen molar-refractivity contribution in [3.63, 3.8) is 0 Å². The smallest absolute Gasteiger partial charge is 0.312 e. The largest absolute Gasteiger partial charge is 0.481 e. The molecule has 0 radical (unpaired) electrons. The lowest BCUT2D eigenvalue weighted by molar-refractivity contribution is -0.164. The lowest BCUT2D eigenvalue weighted by atomic mass is 9.73. The first-order valence-electron chi connectivity index (χ1n) is 7.57. The molecule has 1 heterocycles. The predicted octanol–water partition coefficient (Wildman–Crippen LogP) is 3.57. The second-order valence-corrected chi connectivity index (χ2v) is 6.88. The topological polar surface area (TPSA) is 60.8 Å². The van der Waals surface area contributed by atoms with Gasteiger partial charge in [-0.3, -0.25) is 9.69 Å². The predicted molar refractivity (Wildman–Crippen MR) is 87.3 cm³/mol. The Hall–Kier alpha value is -0.880. The Bertz CT molecular complexity index is 599. The van der Waals surface area contributed by atoms with Crippen molar-refractivity contribution in [2.75, 3.05) is 13.1 Å². The third kappa shape index (κ3) is 3.79. The van der Waals surface area contributed by atoms with Gasteiger partial charge < -0.3 is 10.2 Å². The molecule has 0 aliphatic carbocycles. The first-order chi connectivity index (χ1) is 10.8. The Kier molecular flexibility index (Phi) is 5.89. The van der Waals surface area contributed by atoms with Crippen molar-refractivity contribution in [1.29, 1.82) is 0 Å². The maximum Gasteiger partial charge on any atom is 0.312 e. The Morgan fingerprint density at radius 1 is 1.43 bits per heavy atom. The number of hydrogen-bond acceptors (Lipinski definition) is 3. The monoisotopic (exact) mass is 363 g/mol. The SMILES string of the molecule is CCC[C@]1(C(=O)O)CCN(Cc2cc(F)c(Cl)cc2Cl)C[C@@H]1O. The van der Waals surface area contributed by atoms with E-state index in [4.69, 9.17) is 23.2 Å². The fourth-order valence-corrected chi connectivity index (χ4v) is 3.64. The number of piperidine rings is 1. The number of benzene rings is 1. The minimum Gasteiger partial charge on any atom is -0.481 e. The summed E-state index contributed by atoms with van der Waals surface area (Å²) in [7, 11) is 0. The maximum atomic E-state index is 13.6. The summed E-state index contributed by atoms with van der Waals surface area (Å²) in [6.45, 7) is 2.96. The molecule has 1 aliphatic rings. The summed E-state index contributed by atoms with van der Waals surface area (Å²) in [5.41, 5.74) is -0.528. The Balaban J connectivity index is 2.12. The molecular formula is C16H20Cl2FNO3. The van der Waals surface area contributed by atoms with Crippen molar-refractivity contribution in [1.82, 2.24) is 4.90 Å². The highest BCUT2D eigenvalue weighted by Gasteiger charge is 2.47. The fraction of sp³-hybridized carbons (Fsp3) is 0.562. The van der Waals surface area contributed by atoms with Crippen LogP contribution in [0.4, 0.5) is 4.39 Å². The van der Waals surface area contributed by atoms with Gasteiger partial charge in [0.05, 0.1) is 16.5 Å². The molecule has 0 spiro atoms. The van der Waals surface area contributed by atoms with Crippen LogP contribution >= 0.6 is 23.2 Å². The Labute approximate surface area is 144 Å². The first kappa shape index (κ1) is 18.5. The number of carboxylic acid groups (broad SMARTS) is 1. The van der Waals surface area contributed by atoms with Gasteiger partial charge in [0.25, 0.3) is 0 Å².